The molecule has 6 nitrogen and oxygen atoms in total. The molecule has 0 fully saturated rings. The minimum Gasteiger partial charge on any atom is -0.306 e. The maximum atomic E-state index is 10.7. The molecule has 0 saturated heterocycles. The quantitative estimate of drug-likeness (QED) is 0.156. The first-order valence-corrected chi connectivity index (χ1v) is 22.8. The van der Waals surface area contributed by atoms with Gasteiger partial charge in [0.25, 0.3) is 0 Å². The van der Waals surface area contributed by atoms with E-state index >= 15 is 0 Å². The molecular formula is C63H36N6. The lowest BCUT2D eigenvalue weighted by Crippen LogP contribution is -2.14. The molecule has 6 heteroatoms. The van der Waals surface area contributed by atoms with Crippen LogP contribution in [0.4, 0.5) is 5.69 Å². The Morgan fingerprint density at radius 1 is 0.319 bits per heavy atom. The first-order valence-electron chi connectivity index (χ1n) is 22.8. The lowest BCUT2D eigenvalue weighted by atomic mass is 9.83. The van der Waals surface area contributed by atoms with Crippen molar-refractivity contribution in [3.05, 3.63) is 241 Å². The summed E-state index contributed by atoms with van der Waals surface area (Å²) in [5.41, 5.74) is 15.3. The van der Waals surface area contributed by atoms with Gasteiger partial charge in [-0.1, -0.05) is 152 Å². The van der Waals surface area contributed by atoms with Crippen molar-refractivity contribution in [2.45, 2.75) is 0 Å². The first kappa shape index (κ1) is 39.4. The van der Waals surface area contributed by atoms with Crippen LogP contribution >= 0.6 is 0 Å². The topological polar surface area (TPSA) is 66.7 Å². The van der Waals surface area contributed by atoms with Crippen molar-refractivity contribution in [1.82, 2.24) is 13.7 Å². The molecule has 0 aliphatic carbocycles. The van der Waals surface area contributed by atoms with Crippen molar-refractivity contribution in [2.24, 2.45) is 0 Å². The van der Waals surface area contributed by atoms with E-state index in [0.717, 1.165) is 116 Å². The van der Waals surface area contributed by atoms with Gasteiger partial charge in [-0.3, -0.25) is 0 Å². The summed E-state index contributed by atoms with van der Waals surface area (Å²) >= 11 is 0. The largest absolute Gasteiger partial charge is 0.306 e. The number of nitriles is 2. The zero-order valence-corrected chi connectivity index (χ0v) is 37.0. The Kier molecular flexibility index (Phi) is 8.92. The maximum Gasteiger partial charge on any atom is 0.187 e. The van der Waals surface area contributed by atoms with E-state index in [-0.39, 0.29) is 0 Å². The van der Waals surface area contributed by atoms with Gasteiger partial charge >= 0.3 is 0 Å². The van der Waals surface area contributed by atoms with Crippen LogP contribution in [0.1, 0.15) is 11.1 Å². The number of hydrogen-bond acceptors (Lipinski definition) is 2. The lowest BCUT2D eigenvalue weighted by molar-refractivity contribution is 1.05. The fourth-order valence-corrected chi connectivity index (χ4v) is 10.9. The second-order valence-corrected chi connectivity index (χ2v) is 17.3. The van der Waals surface area contributed by atoms with E-state index in [1.54, 1.807) is 0 Å². The van der Waals surface area contributed by atoms with Crippen LogP contribution in [0, 0.1) is 29.2 Å². The monoisotopic (exact) mass is 876 g/mol. The first-order chi connectivity index (χ1) is 34.1. The molecule has 318 valence electrons. The highest BCUT2D eigenvalue weighted by atomic mass is 15.1. The van der Waals surface area contributed by atoms with E-state index in [9.17, 15) is 10.5 Å². The third-order valence-corrected chi connectivity index (χ3v) is 13.7. The summed E-state index contributed by atoms with van der Waals surface area (Å²) in [6, 6.07) is 80.2. The Hall–Kier alpha value is -9.93. The predicted molar refractivity (Wildman–Crippen MR) is 281 cm³/mol. The molecule has 3 heterocycles. The highest BCUT2D eigenvalue weighted by Gasteiger charge is 2.34. The SMILES string of the molecule is [C-]#[N+]c1cccc(-c2c(-c3cccc(C#N)c3)c(-c3cccc(C#N)c3)c(-n3c4ccccc4c4ccccc43)c(-n3c4ccccc4c4ccccc43)c2-n2c3ccccc3c3ccccc32)c1. The molecule has 0 bridgehead atoms. The summed E-state index contributed by atoms with van der Waals surface area (Å²) in [5, 5.41) is 27.9. The molecule has 0 N–H and O–H groups in total. The van der Waals surface area contributed by atoms with Crippen molar-refractivity contribution in [3.63, 3.8) is 0 Å². The van der Waals surface area contributed by atoms with Crippen molar-refractivity contribution >= 4 is 71.1 Å². The van der Waals surface area contributed by atoms with Crippen LogP contribution in [0.3, 0.4) is 0 Å². The molecule has 69 heavy (non-hydrogen) atoms. The molecule has 13 aromatic rings. The number of rotatable bonds is 6. The summed E-state index contributed by atoms with van der Waals surface area (Å²) in [7, 11) is 0. The van der Waals surface area contributed by atoms with Crippen LogP contribution < -0.4 is 0 Å². The Bertz CT molecular complexity index is 4070. The molecule has 0 saturated carbocycles. The maximum absolute atomic E-state index is 10.7. The molecule has 0 unspecified atom stereocenters. The molecule has 0 radical (unpaired) electrons. The predicted octanol–water partition coefficient (Wildman–Crippen LogP) is 16.3. The van der Waals surface area contributed by atoms with Gasteiger partial charge in [-0.2, -0.15) is 10.5 Å². The van der Waals surface area contributed by atoms with Gasteiger partial charge in [-0.15, -0.1) is 0 Å². The van der Waals surface area contributed by atoms with Gasteiger partial charge in [-0.25, -0.2) is 4.85 Å². The molecule has 3 aromatic heterocycles. The third kappa shape index (κ3) is 5.89. The molecule has 0 atom stereocenters. The van der Waals surface area contributed by atoms with Crippen molar-refractivity contribution in [2.75, 3.05) is 0 Å². The van der Waals surface area contributed by atoms with Gasteiger partial charge in [0.15, 0.2) is 5.69 Å². The molecule has 0 amide bonds. The minimum absolute atomic E-state index is 0.496. The zero-order chi connectivity index (χ0) is 46.2. The van der Waals surface area contributed by atoms with Crippen molar-refractivity contribution < 1.29 is 0 Å². The van der Waals surface area contributed by atoms with Gasteiger partial charge in [-0.05, 0) is 83.4 Å². The summed E-state index contributed by atoms with van der Waals surface area (Å²) in [4.78, 5) is 4.02. The fraction of sp³-hybridized carbons (Fsp3) is 0. The van der Waals surface area contributed by atoms with Gasteiger partial charge in [0.1, 0.15) is 0 Å². The molecular weight excluding hydrogens is 841 g/mol. The molecule has 0 aliphatic heterocycles. The van der Waals surface area contributed by atoms with Crippen LogP contribution in [-0.4, -0.2) is 13.7 Å². The molecule has 0 spiro atoms. The highest BCUT2D eigenvalue weighted by molar-refractivity contribution is 6.18. The summed E-state index contributed by atoms with van der Waals surface area (Å²) in [6.07, 6.45) is 0. The number of aromatic nitrogens is 3. The van der Waals surface area contributed by atoms with Crippen LogP contribution in [0.2, 0.25) is 0 Å². The van der Waals surface area contributed by atoms with Gasteiger partial charge in [0, 0.05) is 49.0 Å². The van der Waals surface area contributed by atoms with E-state index in [1.165, 1.54) is 0 Å². The normalized spacial score (nSPS) is 11.4. The molecule has 10 aromatic carbocycles. The van der Waals surface area contributed by atoms with Crippen molar-refractivity contribution in [1.29, 1.82) is 10.5 Å². The summed E-state index contributed by atoms with van der Waals surface area (Å²) in [6.45, 7) is 8.37. The Morgan fingerprint density at radius 2 is 0.623 bits per heavy atom. The van der Waals surface area contributed by atoms with Crippen LogP contribution in [0.5, 0.6) is 0 Å². The Labute approximate surface area is 397 Å². The van der Waals surface area contributed by atoms with E-state index in [1.807, 2.05) is 54.6 Å². The molecule has 0 aliphatic rings. The lowest BCUT2D eigenvalue weighted by Gasteiger charge is -2.31. The minimum atomic E-state index is 0.496. The van der Waals surface area contributed by atoms with Crippen LogP contribution in [0.15, 0.2) is 218 Å². The smallest absolute Gasteiger partial charge is 0.187 e. The number of para-hydroxylation sites is 6. The number of benzene rings is 10. The highest BCUT2D eigenvalue weighted by Crippen LogP contribution is 2.55. The van der Waals surface area contributed by atoms with Crippen LogP contribution in [-0.2, 0) is 0 Å². The fourth-order valence-electron chi connectivity index (χ4n) is 10.9. The second kappa shape index (κ2) is 15.6. The summed E-state index contributed by atoms with van der Waals surface area (Å²) in [5.74, 6) is 0. The Morgan fingerprint density at radius 3 is 0.971 bits per heavy atom. The van der Waals surface area contributed by atoms with E-state index in [4.69, 9.17) is 6.57 Å². The van der Waals surface area contributed by atoms with E-state index < -0.39 is 0 Å². The number of hydrogen-bond donors (Lipinski definition) is 0. The number of nitrogens with zero attached hydrogens (tertiary/aromatic N) is 6. The summed E-state index contributed by atoms with van der Waals surface area (Å²) < 4.78 is 7.29. The Balaban J connectivity index is 1.45. The molecule has 13 rings (SSSR count). The van der Waals surface area contributed by atoms with Gasteiger partial charge in [0.2, 0.25) is 0 Å². The van der Waals surface area contributed by atoms with E-state index in [0.29, 0.717) is 16.8 Å². The van der Waals surface area contributed by atoms with E-state index in [2.05, 4.69) is 194 Å². The zero-order valence-electron chi connectivity index (χ0n) is 37.0. The van der Waals surface area contributed by atoms with Crippen molar-refractivity contribution in [3.8, 4) is 62.6 Å². The van der Waals surface area contributed by atoms with Gasteiger partial charge in [0.05, 0.1) is 80.0 Å². The third-order valence-electron chi connectivity index (χ3n) is 13.7. The standard InChI is InChI=1S/C63H36N6/c1-66-45-22-16-21-44(37-45)60-58(42-19-14-17-40(35-42)38-64)59(43-20-15-18-41(36-43)39-65)61(67-52-29-8-2-23-46(52)47-24-3-9-30-53(47)67)63(69-56-33-12-6-27-50(56)51-28-7-13-34-57(51)69)62(60)68-54-31-10-4-25-48(54)49-26-5-11-32-55(49)68/h2-37H. The second-order valence-electron chi connectivity index (χ2n) is 17.3. The average Bonchev–Trinajstić information content (AvgIpc) is 4.06. The van der Waals surface area contributed by atoms with Gasteiger partial charge < -0.3 is 13.7 Å². The number of fused-ring (bicyclic) bond motifs is 9. The van der Waals surface area contributed by atoms with Crippen LogP contribution in [0.25, 0.3) is 121 Å². The average molecular weight is 877 g/mol.